The van der Waals surface area contributed by atoms with Crippen LogP contribution < -0.4 is 10.2 Å². The van der Waals surface area contributed by atoms with E-state index in [1.54, 1.807) is 12.1 Å². The van der Waals surface area contributed by atoms with E-state index in [1.165, 1.54) is 54.7 Å². The fourth-order valence-electron chi connectivity index (χ4n) is 4.10. The summed E-state index contributed by atoms with van der Waals surface area (Å²) in [5, 5.41) is 40.2. The summed E-state index contributed by atoms with van der Waals surface area (Å²) in [4.78, 5) is 39.1. The molecule has 0 atom stereocenters. The predicted octanol–water partition coefficient (Wildman–Crippen LogP) is 5.63. The van der Waals surface area contributed by atoms with Crippen molar-refractivity contribution in [1.82, 2.24) is 40.3 Å². The zero-order valence-electron chi connectivity index (χ0n) is 24.9. The van der Waals surface area contributed by atoms with Gasteiger partial charge in [-0.15, -0.1) is 0 Å². The van der Waals surface area contributed by atoms with Crippen LogP contribution in [0.15, 0.2) is 79.0 Å². The number of carbonyl (C=O) groups is 2. The second-order valence-corrected chi connectivity index (χ2v) is 9.82. The summed E-state index contributed by atoms with van der Waals surface area (Å²) in [6, 6.07) is 17.4. The van der Waals surface area contributed by atoms with E-state index in [1.807, 2.05) is 6.07 Å². The van der Waals surface area contributed by atoms with Crippen molar-refractivity contribution in [3.8, 4) is 51.6 Å². The molecule has 0 spiro atoms. The van der Waals surface area contributed by atoms with Gasteiger partial charge in [0.2, 0.25) is 0 Å². The van der Waals surface area contributed by atoms with Gasteiger partial charge in [-0.05, 0) is 60.7 Å². The van der Waals surface area contributed by atoms with Gasteiger partial charge in [0, 0.05) is 6.20 Å². The Bertz CT molecular complexity index is 2200. The van der Waals surface area contributed by atoms with Crippen LogP contribution in [-0.2, 0) is 31.8 Å². The Morgan fingerprint density at radius 1 is 0.627 bits per heavy atom. The third-order valence-electron chi connectivity index (χ3n) is 6.40. The van der Waals surface area contributed by atoms with E-state index in [9.17, 15) is 41.0 Å². The van der Waals surface area contributed by atoms with Crippen LogP contribution in [0.4, 0.5) is 26.3 Å². The number of nitriles is 1. The minimum Gasteiger partial charge on any atom is -0.573 e. The molecule has 2 N–H and O–H groups in total. The van der Waals surface area contributed by atoms with Crippen molar-refractivity contribution in [2.24, 2.45) is 0 Å². The minimum absolute atomic E-state index is 0. The van der Waals surface area contributed by atoms with Crippen LogP contribution in [0.2, 0.25) is 0 Å². The molecule has 0 saturated carbocycles. The molecule has 0 aliphatic carbocycles. The quantitative estimate of drug-likeness (QED) is 0.155. The Balaban J connectivity index is 0.000000225. The maximum absolute atomic E-state index is 12.5. The molecule has 6 aromatic heterocycles. The van der Waals surface area contributed by atoms with E-state index >= 15 is 0 Å². The number of nitrogens with zero attached hydrogens (tertiary/aromatic N) is 9. The van der Waals surface area contributed by atoms with Gasteiger partial charge in [0.1, 0.15) is 23.2 Å². The number of hydrogen-bond donors (Lipinski definition) is 2. The smallest absolute Gasteiger partial charge is 0.573 e. The van der Waals surface area contributed by atoms with Crippen LogP contribution in [0.25, 0.3) is 45.6 Å². The van der Waals surface area contributed by atoms with Crippen molar-refractivity contribution in [2.75, 3.05) is 0 Å². The number of pyridine rings is 4. The molecule has 0 saturated heterocycles. The van der Waals surface area contributed by atoms with Crippen molar-refractivity contribution in [3.63, 3.8) is 0 Å². The molecule has 0 fully saturated rings. The van der Waals surface area contributed by atoms with Gasteiger partial charge < -0.3 is 30.6 Å². The summed E-state index contributed by atoms with van der Waals surface area (Å²) in [6.07, 6.45) is -7.99. The molecule has 0 bridgehead atoms. The van der Waals surface area contributed by atoms with E-state index in [0.717, 1.165) is 0 Å². The van der Waals surface area contributed by atoms with Crippen LogP contribution >= 0.6 is 0 Å². The van der Waals surface area contributed by atoms with Crippen LogP contribution in [-0.4, -0.2) is 52.3 Å². The standard InChI is InChI=1S/C18H10N4O4.C13H5F6N5.Ru/c19-9-12-2-1-3-13(21-12)15-7-11(18(25)26)8-16(22-15)14-6-10(17(23)24)4-5-20-14;14-12(15,16)10-4-8(21-23-10)6-2-1-3-7(20-6)9-5-11(24-22-9)13(17,18)19;/h1-8H,(H,23,24)(H,25,26);1-5H;/q;-2;+2. The Labute approximate surface area is 293 Å². The number of carboxylic acids is 2. The van der Waals surface area contributed by atoms with Gasteiger partial charge in [-0.3, -0.25) is 9.97 Å². The van der Waals surface area contributed by atoms with Gasteiger partial charge in [-0.25, -0.2) is 19.6 Å². The van der Waals surface area contributed by atoms with E-state index in [2.05, 4.69) is 40.3 Å². The predicted molar refractivity (Wildman–Crippen MR) is 157 cm³/mol. The maximum atomic E-state index is 12.5. The largest absolute Gasteiger partial charge is 2.00 e. The summed E-state index contributed by atoms with van der Waals surface area (Å²) in [5.41, 5.74) is -1.56. The fraction of sp³-hybridized carbons (Fsp3) is 0.0645. The second kappa shape index (κ2) is 15.0. The molecule has 51 heavy (non-hydrogen) atoms. The van der Waals surface area contributed by atoms with Gasteiger partial charge >= 0.3 is 43.8 Å². The summed E-state index contributed by atoms with van der Waals surface area (Å²) >= 11 is 0. The molecule has 20 heteroatoms. The molecule has 258 valence electrons. The number of halogens is 6. The first kappa shape index (κ1) is 37.5. The van der Waals surface area contributed by atoms with Gasteiger partial charge in [-0.1, -0.05) is 23.5 Å². The molecule has 13 nitrogen and oxygen atoms in total. The molecule has 6 rings (SSSR count). The third kappa shape index (κ3) is 9.02. The van der Waals surface area contributed by atoms with Crippen molar-refractivity contribution in [3.05, 3.63) is 107 Å². The minimum atomic E-state index is -4.65. The fourth-order valence-corrected chi connectivity index (χ4v) is 4.10. The summed E-state index contributed by atoms with van der Waals surface area (Å²) < 4.78 is 75.2. The van der Waals surface area contributed by atoms with Crippen molar-refractivity contribution < 1.29 is 65.6 Å². The molecular formula is C31H15F6N9O4Ru. The van der Waals surface area contributed by atoms with Crippen molar-refractivity contribution in [1.29, 1.82) is 5.26 Å². The summed E-state index contributed by atoms with van der Waals surface area (Å²) in [7, 11) is 0. The topological polar surface area (TPSA) is 204 Å². The van der Waals surface area contributed by atoms with Crippen molar-refractivity contribution in [2.45, 2.75) is 12.4 Å². The molecule has 6 heterocycles. The van der Waals surface area contributed by atoms with Gasteiger partial charge in [0.25, 0.3) is 0 Å². The molecule has 0 aliphatic heterocycles. The van der Waals surface area contributed by atoms with E-state index in [4.69, 9.17) is 10.4 Å². The zero-order valence-corrected chi connectivity index (χ0v) is 26.6. The Morgan fingerprint density at radius 2 is 1.10 bits per heavy atom. The number of hydrogen-bond acceptors (Lipinski definition) is 9. The molecule has 0 aliphatic rings. The summed E-state index contributed by atoms with van der Waals surface area (Å²) in [6.45, 7) is 0. The maximum Gasteiger partial charge on any atom is 2.00 e. The molecular weight excluding hydrogens is 777 g/mol. The second-order valence-electron chi connectivity index (χ2n) is 9.82. The Hall–Kier alpha value is -6.35. The van der Waals surface area contributed by atoms with E-state index < -0.39 is 35.7 Å². The number of alkyl halides is 6. The molecule has 0 radical (unpaired) electrons. The molecule has 0 aromatic carbocycles. The SMILES string of the molecule is FC(F)(F)c1cc(-c2cccc(-c3cc(C(F)(F)F)n[n-]3)n2)[n-]n1.N#Cc1cccc(-c2cc(C(=O)O)cc(-c3cc(C(=O)O)ccn3)n2)n1.[Ru+2]. The number of carboxylic acid groups (broad SMARTS) is 2. The summed E-state index contributed by atoms with van der Waals surface area (Å²) in [5.74, 6) is -2.31. The average Bonchev–Trinajstić information content (AvgIpc) is 3.80. The van der Waals surface area contributed by atoms with E-state index in [-0.39, 0.29) is 76.2 Å². The molecule has 0 amide bonds. The van der Waals surface area contributed by atoms with Gasteiger partial charge in [0.15, 0.2) is 0 Å². The Kier molecular flexibility index (Phi) is 11.1. The van der Waals surface area contributed by atoms with Crippen LogP contribution in [0, 0.1) is 11.3 Å². The number of rotatable bonds is 6. The normalized spacial score (nSPS) is 11.1. The van der Waals surface area contributed by atoms with Gasteiger partial charge in [-0.2, -0.15) is 31.6 Å². The third-order valence-corrected chi connectivity index (χ3v) is 6.40. The van der Waals surface area contributed by atoms with Gasteiger partial charge in [0.05, 0.1) is 45.3 Å². The van der Waals surface area contributed by atoms with Crippen molar-refractivity contribution >= 4 is 11.9 Å². The molecule has 0 unspecified atom stereocenters. The van der Waals surface area contributed by atoms with Crippen LogP contribution in [0.1, 0.15) is 37.8 Å². The first-order chi connectivity index (χ1) is 23.6. The van der Waals surface area contributed by atoms with E-state index in [0.29, 0.717) is 17.8 Å². The number of aromatic nitrogens is 8. The average molecular weight is 793 g/mol. The monoisotopic (exact) mass is 793 g/mol. The molecule has 6 aromatic rings. The number of aromatic carboxylic acids is 2. The first-order valence-electron chi connectivity index (χ1n) is 13.6. The first-order valence-corrected chi connectivity index (χ1v) is 13.6. The van der Waals surface area contributed by atoms with Crippen LogP contribution in [0.3, 0.4) is 0 Å². The Morgan fingerprint density at radius 3 is 1.59 bits per heavy atom. The zero-order chi connectivity index (χ0) is 36.2. The van der Waals surface area contributed by atoms with Crippen LogP contribution in [0.5, 0.6) is 0 Å².